The summed E-state index contributed by atoms with van der Waals surface area (Å²) in [6.07, 6.45) is -11.5. The molecule has 18 nitrogen and oxygen atoms in total. The number of phenols is 1. The van der Waals surface area contributed by atoms with Crippen molar-refractivity contribution in [2.45, 2.75) is 48.4 Å². The Morgan fingerprint density at radius 3 is 2.06 bits per heavy atom. The number of benzene rings is 3. The number of aryl methyl sites for hydroxylation is 1. The van der Waals surface area contributed by atoms with E-state index in [9.17, 15) is 57.9 Å². The van der Waals surface area contributed by atoms with Crippen LogP contribution in [-0.4, -0.2) is 113 Å². The number of aromatic hydroxyl groups is 1. The zero-order chi connectivity index (χ0) is 35.8. The highest BCUT2D eigenvalue weighted by molar-refractivity contribution is 7.86. The molecule has 2 saturated heterocycles. The first-order valence-electron chi connectivity index (χ1n) is 14.1. The highest BCUT2D eigenvalue weighted by Gasteiger charge is 2.47. The number of hydrogen-bond acceptors (Lipinski definition) is 18. The molecule has 0 saturated carbocycles. The normalized spacial score (nSPS) is 22.4. The molecule has 3 aromatic rings. The van der Waals surface area contributed by atoms with Gasteiger partial charge in [-0.1, -0.05) is 30.3 Å². The van der Waals surface area contributed by atoms with Crippen LogP contribution in [0.15, 0.2) is 63.7 Å². The third-order valence-electron chi connectivity index (χ3n) is 7.43. The predicted molar refractivity (Wildman–Crippen MR) is 158 cm³/mol. The summed E-state index contributed by atoms with van der Waals surface area (Å²) >= 11 is 0. The summed E-state index contributed by atoms with van der Waals surface area (Å²) in [5, 5.41) is 59.0. The van der Waals surface area contributed by atoms with Crippen molar-refractivity contribution in [1.82, 2.24) is 0 Å². The number of azo groups is 1. The van der Waals surface area contributed by atoms with Crippen molar-refractivity contribution in [1.29, 1.82) is 0 Å². The maximum Gasteiger partial charge on any atom is 0.343 e. The van der Waals surface area contributed by atoms with Gasteiger partial charge in [-0.25, -0.2) is 14.4 Å². The van der Waals surface area contributed by atoms with Crippen LogP contribution in [0.5, 0.6) is 5.75 Å². The second-order valence-corrected chi connectivity index (χ2v) is 12.4. The molecular weight excluding hydrogens is 676 g/mol. The molecule has 0 radical (unpaired) electrons. The molecule has 6 unspecified atom stereocenters. The molecule has 2 fully saturated rings. The van der Waals surface area contributed by atoms with Crippen molar-refractivity contribution < 1.29 is 76.3 Å². The van der Waals surface area contributed by atoms with Crippen molar-refractivity contribution in [3.05, 3.63) is 59.7 Å². The first-order chi connectivity index (χ1) is 23.1. The Hall–Kier alpha value is -5.18. The van der Waals surface area contributed by atoms with Gasteiger partial charge in [-0.05, 0) is 36.1 Å². The highest BCUT2D eigenvalue weighted by Crippen LogP contribution is 2.40. The highest BCUT2D eigenvalue weighted by atomic mass is 32.2. The lowest BCUT2D eigenvalue weighted by Gasteiger charge is -2.16. The average molecular weight is 703 g/mol. The number of cyclic esters (lactones) is 2. The van der Waals surface area contributed by atoms with Gasteiger partial charge in [-0.3, -0.25) is 13.8 Å². The fourth-order valence-electron chi connectivity index (χ4n) is 4.81. The van der Waals surface area contributed by atoms with E-state index in [1.807, 2.05) is 0 Å². The zero-order valence-electron chi connectivity index (χ0n) is 25.0. The molecule has 2 aliphatic heterocycles. The van der Waals surface area contributed by atoms with Crippen LogP contribution < -0.4 is 0 Å². The Balaban J connectivity index is 1.36. The first kappa shape index (κ1) is 35.1. The van der Waals surface area contributed by atoms with Crippen molar-refractivity contribution in [3.8, 4) is 5.75 Å². The number of fused-ring (bicyclic) bond motifs is 1. The number of aliphatic hydroxyl groups is 4. The van der Waals surface area contributed by atoms with Crippen molar-refractivity contribution >= 4 is 61.7 Å². The number of esters is 3. The SMILES string of the molecule is Cc1ccc(N=Nc2c(O)c(C(=O)OCC(O)C3OC(=O)C(O)C3=O)cc3ccccc23)cc1S(=O)(=O)OCC(O)C1OC(=O)C(O)C1=O. The van der Waals surface area contributed by atoms with Gasteiger partial charge >= 0.3 is 17.9 Å². The number of carbonyl (C=O) groups is 5. The monoisotopic (exact) mass is 702 g/mol. The van der Waals surface area contributed by atoms with Gasteiger partial charge in [0.25, 0.3) is 10.1 Å². The number of rotatable bonds is 11. The van der Waals surface area contributed by atoms with Crippen LogP contribution in [0.4, 0.5) is 11.4 Å². The lowest BCUT2D eigenvalue weighted by Crippen LogP contribution is -2.38. The van der Waals surface area contributed by atoms with Gasteiger partial charge in [0.1, 0.15) is 30.1 Å². The van der Waals surface area contributed by atoms with E-state index in [0.29, 0.717) is 10.8 Å². The second-order valence-electron chi connectivity index (χ2n) is 10.8. The van der Waals surface area contributed by atoms with Gasteiger partial charge in [-0.15, -0.1) is 5.11 Å². The third kappa shape index (κ3) is 7.02. The smallest absolute Gasteiger partial charge is 0.343 e. The zero-order valence-corrected chi connectivity index (χ0v) is 25.8. The maximum absolute atomic E-state index is 13.0. The van der Waals surface area contributed by atoms with E-state index in [1.165, 1.54) is 25.1 Å². The number of hydrogen-bond donors (Lipinski definition) is 5. The summed E-state index contributed by atoms with van der Waals surface area (Å²) in [5.74, 6) is -6.73. The van der Waals surface area contributed by atoms with E-state index in [2.05, 4.69) is 19.7 Å². The predicted octanol–water partition coefficient (Wildman–Crippen LogP) is -0.436. The van der Waals surface area contributed by atoms with Crippen LogP contribution >= 0.6 is 0 Å². The van der Waals surface area contributed by atoms with Crippen molar-refractivity contribution in [3.63, 3.8) is 0 Å². The van der Waals surface area contributed by atoms with Crippen LogP contribution in [0, 0.1) is 6.92 Å². The number of carbonyl (C=O) groups excluding carboxylic acids is 5. The molecule has 5 N–H and O–H groups in total. The summed E-state index contributed by atoms with van der Waals surface area (Å²) in [7, 11) is -4.63. The molecule has 0 bridgehead atoms. The molecular formula is C30H26N2O16S. The Morgan fingerprint density at radius 2 is 1.47 bits per heavy atom. The van der Waals surface area contributed by atoms with E-state index in [1.54, 1.807) is 24.3 Å². The van der Waals surface area contributed by atoms with Crippen LogP contribution in [0.2, 0.25) is 0 Å². The molecule has 2 aliphatic rings. The summed E-state index contributed by atoms with van der Waals surface area (Å²) in [6.45, 7) is -0.442. The largest absolute Gasteiger partial charge is 0.505 e. The summed E-state index contributed by atoms with van der Waals surface area (Å²) in [5.41, 5.74) is -0.575. The molecule has 2 heterocycles. The van der Waals surface area contributed by atoms with Gasteiger partial charge in [0.05, 0.1) is 17.2 Å². The van der Waals surface area contributed by atoms with E-state index in [-0.39, 0.29) is 16.9 Å². The number of ketones is 2. The number of phenolic OH excluding ortho intramolecular Hbond substituents is 1. The first-order valence-corrected chi connectivity index (χ1v) is 15.6. The molecule has 0 aromatic heterocycles. The molecule has 6 atom stereocenters. The molecule has 5 rings (SSSR count). The van der Waals surface area contributed by atoms with E-state index >= 15 is 0 Å². The van der Waals surface area contributed by atoms with Crippen LogP contribution in [0.25, 0.3) is 10.8 Å². The maximum atomic E-state index is 13.0. The number of ether oxygens (including phenoxy) is 3. The number of nitrogens with zero attached hydrogens (tertiary/aromatic N) is 2. The summed E-state index contributed by atoms with van der Waals surface area (Å²) in [6, 6.07) is 11.4. The van der Waals surface area contributed by atoms with Gasteiger partial charge in [0.15, 0.2) is 18.0 Å². The minimum atomic E-state index is -4.63. The Bertz CT molecular complexity index is 2010. The molecule has 258 valence electrons. The van der Waals surface area contributed by atoms with E-state index < -0.39 is 106 Å². The second kappa shape index (κ2) is 13.7. The molecule has 19 heteroatoms. The van der Waals surface area contributed by atoms with Crippen molar-refractivity contribution in [2.24, 2.45) is 10.2 Å². The molecule has 0 amide bonds. The van der Waals surface area contributed by atoms with E-state index in [0.717, 1.165) is 6.07 Å². The standard InChI is InChI=1S/C30H26N2O16S/c1-12-6-7-14(9-19(12)49(43,44)46-11-18(34)27-23(37)25(39)30(42)48-27)31-32-20-15-5-3-2-4-13(15)8-16(21(20)35)28(40)45-10-17(33)26-22(36)24(38)29(41)47-26/h2-9,17-18,24-27,33-35,38-39H,10-11H2,1H3. The van der Waals surface area contributed by atoms with Gasteiger partial charge in [0, 0.05) is 5.39 Å². The minimum Gasteiger partial charge on any atom is -0.505 e. The minimum absolute atomic E-state index is 0.0751. The molecule has 3 aromatic carbocycles. The summed E-state index contributed by atoms with van der Waals surface area (Å²) in [4.78, 5) is 59.1. The van der Waals surface area contributed by atoms with Crippen LogP contribution in [0.1, 0.15) is 15.9 Å². The lowest BCUT2D eigenvalue weighted by molar-refractivity contribution is -0.152. The summed E-state index contributed by atoms with van der Waals surface area (Å²) < 4.78 is 45.0. The van der Waals surface area contributed by atoms with Crippen molar-refractivity contribution in [2.75, 3.05) is 13.2 Å². The average Bonchev–Trinajstić information content (AvgIpc) is 3.49. The quantitative estimate of drug-likeness (QED) is 0.0557. The Labute approximate surface area is 275 Å². The fraction of sp³-hybridized carbons (Fsp3) is 0.300. The number of aliphatic hydroxyl groups excluding tert-OH is 4. The Kier molecular flexibility index (Phi) is 9.85. The van der Waals surface area contributed by atoms with Gasteiger partial charge in [-0.2, -0.15) is 13.5 Å². The van der Waals surface area contributed by atoms with Crippen LogP contribution in [0.3, 0.4) is 0 Å². The third-order valence-corrected chi connectivity index (χ3v) is 8.86. The fourth-order valence-corrected chi connectivity index (χ4v) is 5.99. The lowest BCUT2D eigenvalue weighted by atomic mass is 10.0. The molecule has 49 heavy (non-hydrogen) atoms. The van der Waals surface area contributed by atoms with Gasteiger partial charge in [0.2, 0.25) is 23.8 Å². The van der Waals surface area contributed by atoms with Crippen LogP contribution in [-0.2, 0) is 47.7 Å². The Morgan fingerprint density at radius 1 is 0.878 bits per heavy atom. The molecule has 0 spiro atoms. The van der Waals surface area contributed by atoms with Gasteiger partial charge < -0.3 is 39.7 Å². The molecule has 0 aliphatic carbocycles. The number of Topliss-reactive ketones (excluding diaryl/α,β-unsaturated/α-hetero) is 2. The topological polar surface area (TPSA) is 282 Å². The van der Waals surface area contributed by atoms with E-state index in [4.69, 9.17) is 8.92 Å².